The SMILES string of the molecule is Cc1cc(Br)ccc1NS(=O)(=O)c1ccc(Cl)s1. The van der Waals surface area contributed by atoms with E-state index in [2.05, 4.69) is 20.7 Å². The van der Waals surface area contributed by atoms with Crippen LogP contribution in [-0.2, 0) is 10.0 Å². The summed E-state index contributed by atoms with van der Waals surface area (Å²) in [5.41, 5.74) is 1.40. The Hall–Kier alpha value is -0.560. The molecule has 2 rings (SSSR count). The smallest absolute Gasteiger partial charge is 0.271 e. The van der Waals surface area contributed by atoms with Gasteiger partial charge < -0.3 is 0 Å². The molecular formula is C11H9BrClNO2S2. The number of thiophene rings is 1. The predicted octanol–water partition coefficient (Wildman–Crippen LogP) is 4.27. The molecule has 0 fully saturated rings. The fourth-order valence-corrected chi connectivity index (χ4v) is 4.47. The number of hydrogen-bond donors (Lipinski definition) is 1. The standard InChI is InChI=1S/C11H9BrClNO2S2/c1-7-6-8(12)2-3-9(7)14-18(15,16)11-5-4-10(13)17-11/h2-6,14H,1H3. The highest BCUT2D eigenvalue weighted by Gasteiger charge is 2.17. The van der Waals surface area contributed by atoms with Crippen molar-refractivity contribution in [1.82, 2.24) is 0 Å². The van der Waals surface area contributed by atoms with Crippen molar-refractivity contribution in [3.8, 4) is 0 Å². The van der Waals surface area contributed by atoms with Crippen LogP contribution in [0.5, 0.6) is 0 Å². The zero-order valence-electron chi connectivity index (χ0n) is 9.28. The highest BCUT2D eigenvalue weighted by Crippen LogP contribution is 2.28. The lowest BCUT2D eigenvalue weighted by Crippen LogP contribution is -2.12. The molecule has 3 nitrogen and oxygen atoms in total. The van der Waals surface area contributed by atoms with Crippen molar-refractivity contribution in [3.05, 3.63) is 44.7 Å². The molecule has 0 aliphatic rings. The van der Waals surface area contributed by atoms with Gasteiger partial charge in [-0.3, -0.25) is 4.72 Å². The van der Waals surface area contributed by atoms with Gasteiger partial charge in [-0.25, -0.2) is 8.42 Å². The maximum atomic E-state index is 12.1. The van der Waals surface area contributed by atoms with Crippen molar-refractivity contribution in [2.24, 2.45) is 0 Å². The first-order valence-electron chi connectivity index (χ1n) is 4.93. The van der Waals surface area contributed by atoms with Crippen molar-refractivity contribution >= 4 is 54.6 Å². The summed E-state index contributed by atoms with van der Waals surface area (Å²) in [5, 5.41) is 0. The molecule has 1 N–H and O–H groups in total. The number of halogens is 2. The highest BCUT2D eigenvalue weighted by atomic mass is 79.9. The number of hydrogen-bond acceptors (Lipinski definition) is 3. The van der Waals surface area contributed by atoms with Gasteiger partial charge in [-0.15, -0.1) is 11.3 Å². The molecule has 96 valence electrons. The van der Waals surface area contributed by atoms with Crippen LogP contribution < -0.4 is 4.72 Å². The van der Waals surface area contributed by atoms with Crippen LogP contribution in [0.4, 0.5) is 5.69 Å². The van der Waals surface area contributed by atoms with Gasteiger partial charge in [0, 0.05) is 4.47 Å². The first kappa shape index (κ1) is 13.9. The molecule has 0 unspecified atom stereocenters. The molecular weight excluding hydrogens is 358 g/mol. The molecule has 2 aromatic rings. The minimum absolute atomic E-state index is 0.204. The maximum Gasteiger partial charge on any atom is 0.271 e. The second-order valence-corrected chi connectivity index (χ2v) is 8.16. The van der Waals surface area contributed by atoms with Gasteiger partial charge >= 0.3 is 0 Å². The van der Waals surface area contributed by atoms with Gasteiger partial charge in [-0.2, -0.15) is 0 Å². The molecule has 1 aromatic carbocycles. The van der Waals surface area contributed by atoms with Gasteiger partial charge in [0.15, 0.2) is 0 Å². The zero-order chi connectivity index (χ0) is 13.3. The fraction of sp³-hybridized carbons (Fsp3) is 0.0909. The van der Waals surface area contributed by atoms with Crippen molar-refractivity contribution in [2.75, 3.05) is 4.72 Å². The van der Waals surface area contributed by atoms with Crippen molar-refractivity contribution in [1.29, 1.82) is 0 Å². The number of anilines is 1. The molecule has 0 atom stereocenters. The fourth-order valence-electron chi connectivity index (χ4n) is 1.38. The number of rotatable bonds is 3. The third-order valence-corrected chi connectivity index (χ3v) is 5.83. The summed E-state index contributed by atoms with van der Waals surface area (Å²) in [6.07, 6.45) is 0. The number of benzene rings is 1. The van der Waals surface area contributed by atoms with E-state index in [0.29, 0.717) is 10.0 Å². The Morgan fingerprint density at radius 1 is 1.28 bits per heavy atom. The molecule has 0 radical (unpaired) electrons. The van der Waals surface area contributed by atoms with E-state index in [1.165, 1.54) is 6.07 Å². The summed E-state index contributed by atoms with van der Waals surface area (Å²) in [4.78, 5) is 0. The van der Waals surface area contributed by atoms with Crippen molar-refractivity contribution in [3.63, 3.8) is 0 Å². The van der Waals surface area contributed by atoms with Gasteiger partial charge in [-0.1, -0.05) is 27.5 Å². The number of sulfonamides is 1. The topological polar surface area (TPSA) is 46.2 Å². The molecule has 0 saturated heterocycles. The van der Waals surface area contributed by atoms with E-state index in [1.54, 1.807) is 18.2 Å². The molecule has 0 spiro atoms. The van der Waals surface area contributed by atoms with Gasteiger partial charge in [-0.05, 0) is 42.8 Å². The summed E-state index contributed by atoms with van der Waals surface area (Å²) in [6.45, 7) is 1.84. The molecule has 18 heavy (non-hydrogen) atoms. The molecule has 0 saturated carbocycles. The van der Waals surface area contributed by atoms with Crippen LogP contribution >= 0.6 is 38.9 Å². The van der Waals surface area contributed by atoms with E-state index in [1.807, 2.05) is 13.0 Å². The van der Waals surface area contributed by atoms with Crippen LogP contribution in [0.1, 0.15) is 5.56 Å². The monoisotopic (exact) mass is 365 g/mol. The second kappa shape index (κ2) is 5.21. The average Bonchev–Trinajstić information content (AvgIpc) is 2.70. The zero-order valence-corrected chi connectivity index (χ0v) is 13.3. The maximum absolute atomic E-state index is 12.1. The molecule has 1 heterocycles. The summed E-state index contributed by atoms with van der Waals surface area (Å²) in [6, 6.07) is 8.40. The molecule has 0 aliphatic heterocycles. The van der Waals surface area contributed by atoms with Gasteiger partial charge in [0.2, 0.25) is 0 Å². The Kier molecular flexibility index (Phi) is 4.01. The molecule has 1 aromatic heterocycles. The largest absolute Gasteiger partial charge is 0.279 e. The number of nitrogens with one attached hydrogen (secondary N) is 1. The third kappa shape index (κ3) is 3.06. The average molecular weight is 367 g/mol. The predicted molar refractivity (Wildman–Crippen MR) is 79.0 cm³/mol. The number of aryl methyl sites for hydroxylation is 1. The highest BCUT2D eigenvalue weighted by molar-refractivity contribution is 9.10. The normalized spacial score (nSPS) is 11.5. The van der Waals surface area contributed by atoms with Crippen molar-refractivity contribution < 1.29 is 8.42 Å². The minimum atomic E-state index is -3.56. The summed E-state index contributed by atoms with van der Waals surface area (Å²) < 4.78 is 28.3. The Bertz CT molecular complexity index is 682. The van der Waals surface area contributed by atoms with Crippen LogP contribution in [0, 0.1) is 6.92 Å². The third-order valence-electron chi connectivity index (χ3n) is 2.25. The van der Waals surface area contributed by atoms with E-state index >= 15 is 0 Å². The van der Waals surface area contributed by atoms with Crippen molar-refractivity contribution in [2.45, 2.75) is 11.1 Å². The second-order valence-electron chi connectivity index (χ2n) is 3.62. The quantitative estimate of drug-likeness (QED) is 0.881. The summed E-state index contributed by atoms with van der Waals surface area (Å²) in [7, 11) is -3.56. The van der Waals surface area contributed by atoms with Crippen LogP contribution in [0.2, 0.25) is 4.34 Å². The first-order chi connectivity index (χ1) is 8.38. The first-order valence-corrected chi connectivity index (χ1v) is 8.40. The minimum Gasteiger partial charge on any atom is -0.279 e. The molecule has 7 heteroatoms. The van der Waals surface area contributed by atoms with Crippen LogP contribution in [0.25, 0.3) is 0 Å². The van der Waals surface area contributed by atoms with Gasteiger partial charge in [0.05, 0.1) is 10.0 Å². The molecule has 0 amide bonds. The van der Waals surface area contributed by atoms with E-state index < -0.39 is 10.0 Å². The summed E-state index contributed by atoms with van der Waals surface area (Å²) >= 11 is 10.1. The van der Waals surface area contributed by atoms with Crippen LogP contribution in [0.15, 0.2) is 39.0 Å². The van der Waals surface area contributed by atoms with E-state index in [4.69, 9.17) is 11.6 Å². The lowest BCUT2D eigenvalue weighted by Gasteiger charge is -2.09. The Morgan fingerprint density at radius 2 is 2.00 bits per heavy atom. The van der Waals surface area contributed by atoms with E-state index in [9.17, 15) is 8.42 Å². The Labute approximate surface area is 123 Å². The Morgan fingerprint density at radius 3 is 2.56 bits per heavy atom. The lowest BCUT2D eigenvalue weighted by molar-refractivity contribution is 0.603. The van der Waals surface area contributed by atoms with Crippen LogP contribution in [-0.4, -0.2) is 8.42 Å². The molecule has 0 aliphatic carbocycles. The van der Waals surface area contributed by atoms with Gasteiger partial charge in [0.25, 0.3) is 10.0 Å². The van der Waals surface area contributed by atoms with Crippen LogP contribution in [0.3, 0.4) is 0 Å². The molecule has 0 bridgehead atoms. The van der Waals surface area contributed by atoms with Gasteiger partial charge in [0.1, 0.15) is 4.21 Å². The van der Waals surface area contributed by atoms with E-state index in [0.717, 1.165) is 21.4 Å². The van der Waals surface area contributed by atoms with E-state index in [-0.39, 0.29) is 4.21 Å². The Balaban J connectivity index is 2.33. The lowest BCUT2D eigenvalue weighted by atomic mass is 10.2. The summed E-state index contributed by atoms with van der Waals surface area (Å²) in [5.74, 6) is 0.